The van der Waals surface area contributed by atoms with Gasteiger partial charge in [-0.1, -0.05) is 37.3 Å². The molecule has 0 aliphatic heterocycles. The van der Waals surface area contributed by atoms with Crippen LogP contribution >= 0.6 is 0 Å². The Morgan fingerprint density at radius 2 is 1.90 bits per heavy atom. The fourth-order valence-electron chi connectivity index (χ4n) is 2.55. The molecular weight excluding hydrogens is 251 g/mol. The van der Waals surface area contributed by atoms with Crippen molar-refractivity contribution >= 4 is 5.69 Å². The van der Waals surface area contributed by atoms with Crippen molar-refractivity contribution in [1.29, 1.82) is 0 Å². The van der Waals surface area contributed by atoms with Crippen LogP contribution in [0.4, 0.5) is 10.1 Å². The first-order valence-electron chi connectivity index (χ1n) is 6.93. The molecule has 20 heavy (non-hydrogen) atoms. The van der Waals surface area contributed by atoms with Gasteiger partial charge in [0.1, 0.15) is 5.82 Å². The zero-order valence-corrected chi connectivity index (χ0v) is 12.0. The zero-order chi connectivity index (χ0) is 14.5. The second-order valence-electron chi connectivity index (χ2n) is 4.89. The molecule has 3 heteroatoms. The first kappa shape index (κ1) is 14.5. The van der Waals surface area contributed by atoms with Crippen LogP contribution in [0.25, 0.3) is 0 Å². The Balaban J connectivity index is 2.36. The van der Waals surface area contributed by atoms with E-state index in [9.17, 15) is 4.39 Å². The molecule has 0 amide bonds. The molecule has 0 aromatic heterocycles. The summed E-state index contributed by atoms with van der Waals surface area (Å²) in [5.74, 6) is -0.228. The van der Waals surface area contributed by atoms with E-state index in [-0.39, 0.29) is 11.9 Å². The van der Waals surface area contributed by atoms with Crippen LogP contribution in [0.2, 0.25) is 0 Å². The lowest BCUT2D eigenvalue weighted by molar-refractivity contribution is 0.622. The third-order valence-corrected chi connectivity index (χ3v) is 3.70. The number of halogens is 1. The van der Waals surface area contributed by atoms with Gasteiger partial charge in [0.05, 0.1) is 6.04 Å². The van der Waals surface area contributed by atoms with Crippen LogP contribution in [0, 0.1) is 5.82 Å². The molecule has 2 rings (SSSR count). The third-order valence-electron chi connectivity index (χ3n) is 3.70. The summed E-state index contributed by atoms with van der Waals surface area (Å²) in [6, 6.07) is 15.0. The molecule has 0 bridgehead atoms. The van der Waals surface area contributed by atoms with Gasteiger partial charge in [-0.15, -0.1) is 0 Å². The number of likely N-dealkylation sites (N-methyl/N-ethyl adjacent to an activating group) is 1. The Labute approximate surface area is 120 Å². The quantitative estimate of drug-likeness (QED) is 0.902. The van der Waals surface area contributed by atoms with Gasteiger partial charge in [-0.05, 0) is 35.7 Å². The summed E-state index contributed by atoms with van der Waals surface area (Å²) in [5, 5.41) is 0. The summed E-state index contributed by atoms with van der Waals surface area (Å²) < 4.78 is 13.4. The molecule has 0 heterocycles. The number of hydrogen-bond donors (Lipinski definition) is 1. The van der Waals surface area contributed by atoms with E-state index in [2.05, 4.69) is 19.1 Å². The monoisotopic (exact) mass is 272 g/mol. The highest BCUT2D eigenvalue weighted by molar-refractivity contribution is 5.49. The smallest absolute Gasteiger partial charge is 0.125 e. The van der Waals surface area contributed by atoms with Crippen molar-refractivity contribution in [3.8, 4) is 0 Å². The van der Waals surface area contributed by atoms with Crippen LogP contribution < -0.4 is 10.6 Å². The molecule has 0 saturated heterocycles. The minimum absolute atomic E-state index is 0.0490. The Bertz CT molecular complexity index is 568. The maximum atomic E-state index is 13.4. The van der Waals surface area contributed by atoms with Gasteiger partial charge in [0.2, 0.25) is 0 Å². The van der Waals surface area contributed by atoms with Crippen LogP contribution in [0.1, 0.15) is 24.1 Å². The van der Waals surface area contributed by atoms with Crippen LogP contribution in [0.15, 0.2) is 48.5 Å². The van der Waals surface area contributed by atoms with Gasteiger partial charge >= 0.3 is 0 Å². The van der Waals surface area contributed by atoms with Crippen molar-refractivity contribution < 1.29 is 4.39 Å². The van der Waals surface area contributed by atoms with Crippen molar-refractivity contribution in [2.75, 3.05) is 18.5 Å². The average Bonchev–Trinajstić information content (AvgIpc) is 2.48. The van der Waals surface area contributed by atoms with E-state index in [1.165, 1.54) is 23.3 Å². The van der Waals surface area contributed by atoms with Crippen LogP contribution in [0.3, 0.4) is 0 Å². The number of anilines is 1. The molecule has 1 atom stereocenters. The molecule has 0 radical (unpaired) electrons. The Morgan fingerprint density at radius 1 is 1.15 bits per heavy atom. The fourth-order valence-corrected chi connectivity index (χ4v) is 2.55. The lowest BCUT2D eigenvalue weighted by Gasteiger charge is -2.31. The van der Waals surface area contributed by atoms with E-state index in [1.54, 1.807) is 6.07 Å². The summed E-state index contributed by atoms with van der Waals surface area (Å²) in [4.78, 5) is 2.04. The molecule has 106 valence electrons. The maximum Gasteiger partial charge on any atom is 0.125 e. The predicted molar refractivity (Wildman–Crippen MR) is 82.4 cm³/mol. The summed E-state index contributed by atoms with van der Waals surface area (Å²) >= 11 is 0. The van der Waals surface area contributed by atoms with Gasteiger partial charge in [-0.25, -0.2) is 4.39 Å². The van der Waals surface area contributed by atoms with Gasteiger partial charge in [-0.2, -0.15) is 0 Å². The zero-order valence-electron chi connectivity index (χ0n) is 12.0. The average molecular weight is 272 g/mol. The van der Waals surface area contributed by atoms with Crippen LogP contribution in [-0.4, -0.2) is 13.6 Å². The first-order chi connectivity index (χ1) is 9.67. The molecule has 0 fully saturated rings. The summed E-state index contributed by atoms with van der Waals surface area (Å²) in [6.07, 6.45) is 0.962. The minimum Gasteiger partial charge on any atom is -0.366 e. The highest BCUT2D eigenvalue weighted by Crippen LogP contribution is 2.27. The number of nitrogens with zero attached hydrogens (tertiary/aromatic N) is 1. The van der Waals surface area contributed by atoms with Crippen LogP contribution in [0.5, 0.6) is 0 Å². The number of aryl methyl sites for hydroxylation is 1. The molecule has 0 spiro atoms. The highest BCUT2D eigenvalue weighted by atomic mass is 19.1. The topological polar surface area (TPSA) is 29.3 Å². The van der Waals surface area contributed by atoms with Crippen molar-refractivity contribution in [1.82, 2.24) is 0 Å². The van der Waals surface area contributed by atoms with Crippen molar-refractivity contribution in [2.45, 2.75) is 19.4 Å². The number of benzene rings is 2. The van der Waals surface area contributed by atoms with E-state index in [1.807, 2.05) is 30.1 Å². The fraction of sp³-hybridized carbons (Fsp3) is 0.294. The molecule has 0 aliphatic rings. The van der Waals surface area contributed by atoms with Gasteiger partial charge < -0.3 is 10.6 Å². The minimum atomic E-state index is -0.228. The molecular formula is C17H21FN2. The molecule has 1 unspecified atom stereocenters. The Kier molecular flexibility index (Phi) is 4.74. The third kappa shape index (κ3) is 2.99. The summed E-state index contributed by atoms with van der Waals surface area (Å²) in [7, 11) is 1.96. The lowest BCUT2D eigenvalue weighted by Crippen LogP contribution is -2.31. The second-order valence-corrected chi connectivity index (χ2v) is 4.89. The van der Waals surface area contributed by atoms with E-state index < -0.39 is 0 Å². The Hall–Kier alpha value is -1.87. The standard InChI is InChI=1S/C17H21FN2/c1-3-13-7-4-5-10-16(13)17(12-19)20(2)15-9-6-8-14(18)11-15/h4-11,17H,3,12,19H2,1-2H3. The molecule has 2 aromatic rings. The van der Waals surface area contributed by atoms with E-state index in [0.717, 1.165) is 12.1 Å². The van der Waals surface area contributed by atoms with E-state index in [4.69, 9.17) is 5.73 Å². The maximum absolute atomic E-state index is 13.4. The second kappa shape index (κ2) is 6.53. The summed E-state index contributed by atoms with van der Waals surface area (Å²) in [6.45, 7) is 2.62. The number of rotatable bonds is 5. The van der Waals surface area contributed by atoms with Crippen LogP contribution in [-0.2, 0) is 6.42 Å². The van der Waals surface area contributed by atoms with Crippen molar-refractivity contribution in [3.63, 3.8) is 0 Å². The molecule has 0 saturated carbocycles. The van der Waals surface area contributed by atoms with Gasteiger partial charge in [0.25, 0.3) is 0 Å². The first-order valence-corrected chi connectivity index (χ1v) is 6.93. The highest BCUT2D eigenvalue weighted by Gasteiger charge is 2.18. The molecule has 0 aliphatic carbocycles. The summed E-state index contributed by atoms with van der Waals surface area (Å²) in [5.41, 5.74) is 9.30. The lowest BCUT2D eigenvalue weighted by atomic mass is 9.97. The Morgan fingerprint density at radius 3 is 2.55 bits per heavy atom. The van der Waals surface area contributed by atoms with E-state index in [0.29, 0.717) is 6.54 Å². The van der Waals surface area contributed by atoms with Gasteiger partial charge in [0, 0.05) is 19.3 Å². The number of hydrogen-bond acceptors (Lipinski definition) is 2. The van der Waals surface area contributed by atoms with Crippen molar-refractivity contribution in [3.05, 3.63) is 65.5 Å². The van der Waals surface area contributed by atoms with Gasteiger partial charge in [0.15, 0.2) is 0 Å². The predicted octanol–water partition coefficient (Wildman–Crippen LogP) is 3.52. The normalized spacial score (nSPS) is 12.2. The van der Waals surface area contributed by atoms with Crippen molar-refractivity contribution in [2.24, 2.45) is 5.73 Å². The SMILES string of the molecule is CCc1ccccc1C(CN)N(C)c1cccc(F)c1. The molecule has 2 aromatic carbocycles. The number of nitrogens with two attached hydrogens (primary N) is 1. The molecule has 2 nitrogen and oxygen atoms in total. The van der Waals surface area contributed by atoms with Gasteiger partial charge in [-0.3, -0.25) is 0 Å². The molecule has 2 N–H and O–H groups in total. The largest absolute Gasteiger partial charge is 0.366 e. The van der Waals surface area contributed by atoms with E-state index >= 15 is 0 Å².